The summed E-state index contributed by atoms with van der Waals surface area (Å²) in [5, 5.41) is 0. The number of hydrogen-bond donors (Lipinski definition) is 1. The molecule has 0 fully saturated rings. The van der Waals surface area contributed by atoms with E-state index in [4.69, 9.17) is 5.73 Å². The molecule has 78 valence electrons. The van der Waals surface area contributed by atoms with E-state index in [9.17, 15) is 13.2 Å². The molecule has 0 aliphatic heterocycles. The Morgan fingerprint density at radius 2 is 1.71 bits per heavy atom. The average Bonchev–Trinajstić information content (AvgIpc) is 1.99. The SMILES string of the molecule is CCc1nc(N)nc(CC(F)(F)F)n1. The zero-order chi connectivity index (χ0) is 10.8. The van der Waals surface area contributed by atoms with Crippen molar-refractivity contribution < 1.29 is 13.2 Å². The van der Waals surface area contributed by atoms with Gasteiger partial charge in [0.2, 0.25) is 5.95 Å². The minimum atomic E-state index is -4.32. The fraction of sp³-hybridized carbons (Fsp3) is 0.571. The van der Waals surface area contributed by atoms with Crippen LogP contribution in [0.2, 0.25) is 0 Å². The Morgan fingerprint density at radius 1 is 1.14 bits per heavy atom. The van der Waals surface area contributed by atoms with E-state index >= 15 is 0 Å². The number of aromatic nitrogens is 3. The molecule has 0 atom stereocenters. The van der Waals surface area contributed by atoms with Gasteiger partial charge in [0.25, 0.3) is 0 Å². The van der Waals surface area contributed by atoms with Crippen molar-refractivity contribution in [2.75, 3.05) is 5.73 Å². The molecule has 1 aromatic heterocycles. The molecule has 4 nitrogen and oxygen atoms in total. The number of halogens is 3. The third-order valence-electron chi connectivity index (χ3n) is 1.42. The van der Waals surface area contributed by atoms with Crippen LogP contribution in [0.5, 0.6) is 0 Å². The summed E-state index contributed by atoms with van der Waals surface area (Å²) in [7, 11) is 0. The Bertz CT molecular complexity index is 323. The molecule has 0 radical (unpaired) electrons. The Balaban J connectivity index is 2.92. The summed E-state index contributed by atoms with van der Waals surface area (Å²) in [6.45, 7) is 1.73. The maximum Gasteiger partial charge on any atom is 0.396 e. The number of nitrogen functional groups attached to an aromatic ring is 1. The highest BCUT2D eigenvalue weighted by Crippen LogP contribution is 2.19. The van der Waals surface area contributed by atoms with Crippen LogP contribution in [-0.4, -0.2) is 21.1 Å². The lowest BCUT2D eigenvalue weighted by atomic mass is 10.4. The molecule has 0 amide bonds. The third-order valence-corrected chi connectivity index (χ3v) is 1.42. The quantitative estimate of drug-likeness (QED) is 0.787. The average molecular weight is 206 g/mol. The zero-order valence-electron chi connectivity index (χ0n) is 7.47. The van der Waals surface area contributed by atoms with Crippen molar-refractivity contribution in [1.29, 1.82) is 0 Å². The second-order valence-corrected chi connectivity index (χ2v) is 2.67. The second-order valence-electron chi connectivity index (χ2n) is 2.67. The number of aryl methyl sites for hydroxylation is 1. The fourth-order valence-corrected chi connectivity index (χ4v) is 0.905. The summed E-state index contributed by atoms with van der Waals surface area (Å²) in [5.74, 6) is -0.227. The Labute approximate surface area is 78.4 Å². The van der Waals surface area contributed by atoms with Gasteiger partial charge in [0.05, 0.1) is 0 Å². The Hall–Kier alpha value is -1.40. The van der Waals surface area contributed by atoms with Gasteiger partial charge in [0.15, 0.2) is 0 Å². The van der Waals surface area contributed by atoms with Gasteiger partial charge in [-0.2, -0.15) is 23.1 Å². The summed E-state index contributed by atoms with van der Waals surface area (Å²) in [6, 6.07) is 0. The normalized spacial score (nSPS) is 11.7. The molecule has 0 saturated carbocycles. The molecular formula is C7H9F3N4. The maximum atomic E-state index is 12.0. The van der Waals surface area contributed by atoms with Crippen LogP contribution < -0.4 is 5.73 Å². The first-order valence-electron chi connectivity index (χ1n) is 3.97. The number of rotatable bonds is 2. The minimum absolute atomic E-state index is 0.170. The number of anilines is 1. The van der Waals surface area contributed by atoms with Gasteiger partial charge in [-0.15, -0.1) is 0 Å². The van der Waals surface area contributed by atoms with Gasteiger partial charge in [-0.05, 0) is 0 Å². The number of nitrogens with zero attached hydrogens (tertiary/aromatic N) is 3. The molecule has 1 rings (SSSR count). The van der Waals surface area contributed by atoms with E-state index in [1.165, 1.54) is 0 Å². The predicted octanol–water partition coefficient (Wildman–Crippen LogP) is 1.12. The fourth-order valence-electron chi connectivity index (χ4n) is 0.905. The molecule has 14 heavy (non-hydrogen) atoms. The molecule has 0 saturated heterocycles. The van der Waals surface area contributed by atoms with Crippen LogP contribution >= 0.6 is 0 Å². The molecule has 0 aliphatic rings. The first-order chi connectivity index (χ1) is 6.40. The van der Waals surface area contributed by atoms with Crippen molar-refractivity contribution in [1.82, 2.24) is 15.0 Å². The monoisotopic (exact) mass is 206 g/mol. The lowest BCUT2D eigenvalue weighted by Crippen LogP contribution is -2.16. The van der Waals surface area contributed by atoms with Gasteiger partial charge < -0.3 is 5.73 Å². The maximum absolute atomic E-state index is 12.0. The van der Waals surface area contributed by atoms with Crippen molar-refractivity contribution in [2.24, 2.45) is 0 Å². The molecule has 7 heteroatoms. The molecular weight excluding hydrogens is 197 g/mol. The zero-order valence-corrected chi connectivity index (χ0v) is 7.47. The first-order valence-corrected chi connectivity index (χ1v) is 3.97. The van der Waals surface area contributed by atoms with E-state index in [0.717, 1.165) is 0 Å². The molecule has 0 aliphatic carbocycles. The first kappa shape index (κ1) is 10.7. The van der Waals surface area contributed by atoms with E-state index in [0.29, 0.717) is 6.42 Å². The summed E-state index contributed by atoms with van der Waals surface area (Å²) >= 11 is 0. The van der Waals surface area contributed by atoms with Crippen molar-refractivity contribution in [3.63, 3.8) is 0 Å². The van der Waals surface area contributed by atoms with E-state index in [-0.39, 0.29) is 17.6 Å². The van der Waals surface area contributed by atoms with E-state index < -0.39 is 12.6 Å². The molecule has 2 N–H and O–H groups in total. The van der Waals surface area contributed by atoms with E-state index in [1.54, 1.807) is 6.92 Å². The van der Waals surface area contributed by atoms with Gasteiger partial charge in [0.1, 0.15) is 18.1 Å². The minimum Gasteiger partial charge on any atom is -0.368 e. The summed E-state index contributed by atoms with van der Waals surface area (Å²) in [5.41, 5.74) is 5.22. The summed E-state index contributed by atoms with van der Waals surface area (Å²) in [4.78, 5) is 10.7. The number of hydrogen-bond acceptors (Lipinski definition) is 4. The Morgan fingerprint density at radius 3 is 2.21 bits per heavy atom. The van der Waals surface area contributed by atoms with Crippen LogP contribution in [0.1, 0.15) is 18.6 Å². The largest absolute Gasteiger partial charge is 0.396 e. The van der Waals surface area contributed by atoms with Gasteiger partial charge in [0, 0.05) is 6.42 Å². The van der Waals surface area contributed by atoms with Crippen LogP contribution in [0.25, 0.3) is 0 Å². The highest BCUT2D eigenvalue weighted by atomic mass is 19.4. The molecule has 1 aromatic rings. The summed E-state index contributed by atoms with van der Waals surface area (Å²) < 4.78 is 35.9. The van der Waals surface area contributed by atoms with Crippen LogP contribution in [0, 0.1) is 0 Å². The van der Waals surface area contributed by atoms with Crippen molar-refractivity contribution >= 4 is 5.95 Å². The van der Waals surface area contributed by atoms with Gasteiger partial charge in [-0.25, -0.2) is 4.98 Å². The standard InChI is InChI=1S/C7H9F3N4/c1-2-4-12-5(3-7(8,9)10)14-6(11)13-4/h2-3H2,1H3,(H2,11,12,13,14). The summed E-state index contributed by atoms with van der Waals surface area (Å²) in [6.07, 6.45) is -5.07. The van der Waals surface area contributed by atoms with Gasteiger partial charge in [-0.3, -0.25) is 0 Å². The van der Waals surface area contributed by atoms with Crippen LogP contribution in [0.4, 0.5) is 19.1 Å². The van der Waals surface area contributed by atoms with Crippen LogP contribution in [-0.2, 0) is 12.8 Å². The highest BCUT2D eigenvalue weighted by molar-refractivity contribution is 5.16. The number of alkyl halides is 3. The smallest absolute Gasteiger partial charge is 0.368 e. The lowest BCUT2D eigenvalue weighted by Gasteiger charge is -2.06. The highest BCUT2D eigenvalue weighted by Gasteiger charge is 2.29. The topological polar surface area (TPSA) is 64.7 Å². The van der Waals surface area contributed by atoms with Crippen molar-refractivity contribution in [2.45, 2.75) is 25.9 Å². The Kier molecular flexibility index (Phi) is 2.87. The molecule has 0 spiro atoms. The lowest BCUT2D eigenvalue weighted by molar-refractivity contribution is -0.128. The molecule has 0 unspecified atom stereocenters. The third kappa shape index (κ3) is 3.15. The molecule has 1 heterocycles. The second kappa shape index (κ2) is 3.77. The van der Waals surface area contributed by atoms with Crippen LogP contribution in [0.15, 0.2) is 0 Å². The van der Waals surface area contributed by atoms with Crippen molar-refractivity contribution in [3.8, 4) is 0 Å². The van der Waals surface area contributed by atoms with E-state index in [1.807, 2.05) is 0 Å². The predicted molar refractivity (Wildman–Crippen MR) is 43.4 cm³/mol. The molecule has 0 aromatic carbocycles. The molecule has 0 bridgehead atoms. The van der Waals surface area contributed by atoms with Gasteiger partial charge in [-0.1, -0.05) is 6.92 Å². The van der Waals surface area contributed by atoms with Crippen LogP contribution in [0.3, 0.4) is 0 Å². The van der Waals surface area contributed by atoms with Gasteiger partial charge >= 0.3 is 6.18 Å². The van der Waals surface area contributed by atoms with E-state index in [2.05, 4.69) is 15.0 Å². The van der Waals surface area contributed by atoms with Crippen molar-refractivity contribution in [3.05, 3.63) is 11.6 Å². The number of nitrogens with two attached hydrogens (primary N) is 1.